The van der Waals surface area contributed by atoms with Crippen LogP contribution in [0, 0.1) is 0 Å². The van der Waals surface area contributed by atoms with Crippen LogP contribution in [0.1, 0.15) is 24.1 Å². The molecule has 0 bridgehead atoms. The summed E-state index contributed by atoms with van der Waals surface area (Å²) in [5.74, 6) is -0.245. The van der Waals surface area contributed by atoms with Crippen LogP contribution in [0.25, 0.3) is 6.08 Å². The Labute approximate surface area is 157 Å². The number of carbonyl (C=O) groups excluding carboxylic acids is 2. The summed E-state index contributed by atoms with van der Waals surface area (Å²) in [7, 11) is 1.58. The van der Waals surface area contributed by atoms with Gasteiger partial charge < -0.3 is 14.8 Å². The molecule has 0 fully saturated rings. The lowest BCUT2D eigenvalue weighted by atomic mass is 10.1. The lowest BCUT2D eigenvalue weighted by Crippen LogP contribution is -2.30. The van der Waals surface area contributed by atoms with Crippen LogP contribution in [-0.2, 0) is 14.3 Å². The van der Waals surface area contributed by atoms with Crippen LogP contribution in [0.5, 0.6) is 5.75 Å². The molecule has 1 N–H and O–H groups in total. The van der Waals surface area contributed by atoms with Crippen molar-refractivity contribution in [1.29, 1.82) is 0 Å². The Bertz CT molecular complexity index is 787. The fourth-order valence-corrected chi connectivity index (χ4v) is 2.41. The summed E-state index contributed by atoms with van der Waals surface area (Å²) in [6.45, 7) is 1.48. The molecule has 136 valence electrons. The number of carbonyl (C=O) groups is 2. The van der Waals surface area contributed by atoms with Crippen molar-refractivity contribution in [2.24, 2.45) is 0 Å². The van der Waals surface area contributed by atoms with E-state index in [1.807, 2.05) is 31.2 Å². The molecule has 26 heavy (non-hydrogen) atoms. The topological polar surface area (TPSA) is 64.6 Å². The van der Waals surface area contributed by atoms with Gasteiger partial charge in [0, 0.05) is 11.1 Å². The molecule has 2 rings (SSSR count). The lowest BCUT2D eigenvalue weighted by Gasteiger charge is -2.14. The van der Waals surface area contributed by atoms with Gasteiger partial charge in [-0.05, 0) is 48.4 Å². The number of amides is 1. The van der Waals surface area contributed by atoms with E-state index in [9.17, 15) is 9.59 Å². The predicted molar refractivity (Wildman–Crippen MR) is 101 cm³/mol. The standard InChI is InChI=1S/C20H20ClNO4/c1-14(16-4-3-5-17(21)12-16)22-19(23)13-26-20(24)11-8-15-6-9-18(25-2)10-7-15/h3-12,14H,13H2,1-2H3,(H,22,23)/b11-8+/t14-/m0/s1. The number of halogens is 1. The second-order valence-electron chi connectivity index (χ2n) is 5.56. The molecule has 0 spiro atoms. The molecule has 0 aliphatic carbocycles. The molecule has 1 atom stereocenters. The van der Waals surface area contributed by atoms with Gasteiger partial charge >= 0.3 is 5.97 Å². The molecule has 2 aromatic carbocycles. The Morgan fingerprint density at radius 3 is 2.58 bits per heavy atom. The van der Waals surface area contributed by atoms with Crippen LogP contribution >= 0.6 is 11.6 Å². The third kappa shape index (κ3) is 6.26. The molecule has 0 saturated carbocycles. The van der Waals surface area contributed by atoms with E-state index in [1.165, 1.54) is 6.08 Å². The maximum atomic E-state index is 11.9. The maximum absolute atomic E-state index is 11.9. The third-order valence-electron chi connectivity index (χ3n) is 3.60. The number of benzene rings is 2. The monoisotopic (exact) mass is 373 g/mol. The minimum atomic E-state index is -0.591. The summed E-state index contributed by atoms with van der Waals surface area (Å²) in [6.07, 6.45) is 2.88. The Hall–Kier alpha value is -2.79. The van der Waals surface area contributed by atoms with Gasteiger partial charge in [-0.1, -0.05) is 35.9 Å². The number of hydrogen-bond acceptors (Lipinski definition) is 4. The molecule has 0 unspecified atom stereocenters. The van der Waals surface area contributed by atoms with Crippen LogP contribution in [0.3, 0.4) is 0 Å². The average molecular weight is 374 g/mol. The number of esters is 1. The van der Waals surface area contributed by atoms with E-state index in [4.69, 9.17) is 21.1 Å². The summed E-state index contributed by atoms with van der Waals surface area (Å²) in [5.41, 5.74) is 1.69. The maximum Gasteiger partial charge on any atom is 0.331 e. The Balaban J connectivity index is 1.78. The molecular weight excluding hydrogens is 354 g/mol. The fourth-order valence-electron chi connectivity index (χ4n) is 2.21. The average Bonchev–Trinajstić information content (AvgIpc) is 2.65. The molecule has 5 nitrogen and oxygen atoms in total. The van der Waals surface area contributed by atoms with E-state index >= 15 is 0 Å². The minimum absolute atomic E-state index is 0.241. The fraction of sp³-hybridized carbons (Fsp3) is 0.200. The summed E-state index contributed by atoms with van der Waals surface area (Å²) in [4.78, 5) is 23.6. The first-order valence-electron chi connectivity index (χ1n) is 8.01. The van der Waals surface area contributed by atoms with Crippen LogP contribution in [0.4, 0.5) is 0 Å². The van der Waals surface area contributed by atoms with Gasteiger partial charge in [-0.15, -0.1) is 0 Å². The number of hydrogen-bond donors (Lipinski definition) is 1. The molecule has 0 aliphatic heterocycles. The van der Waals surface area contributed by atoms with Gasteiger partial charge in [-0.25, -0.2) is 4.79 Å². The van der Waals surface area contributed by atoms with Gasteiger partial charge in [0.25, 0.3) is 5.91 Å². The Morgan fingerprint density at radius 1 is 1.19 bits per heavy atom. The van der Waals surface area contributed by atoms with Gasteiger partial charge in [0.05, 0.1) is 13.2 Å². The smallest absolute Gasteiger partial charge is 0.331 e. The van der Waals surface area contributed by atoms with Crippen molar-refractivity contribution in [3.05, 3.63) is 70.8 Å². The van der Waals surface area contributed by atoms with Gasteiger partial charge in [-0.2, -0.15) is 0 Å². The van der Waals surface area contributed by atoms with Crippen LogP contribution in [-0.4, -0.2) is 25.6 Å². The Morgan fingerprint density at radius 2 is 1.92 bits per heavy atom. The second-order valence-corrected chi connectivity index (χ2v) is 5.99. The summed E-state index contributed by atoms with van der Waals surface area (Å²) in [6, 6.07) is 14.2. The zero-order valence-corrected chi connectivity index (χ0v) is 15.3. The SMILES string of the molecule is COc1ccc(/C=C/C(=O)OCC(=O)N[C@@H](C)c2cccc(Cl)c2)cc1. The quantitative estimate of drug-likeness (QED) is 0.592. The molecule has 0 saturated heterocycles. The number of rotatable bonds is 7. The van der Waals surface area contributed by atoms with Crippen LogP contribution in [0.15, 0.2) is 54.6 Å². The molecule has 0 aliphatic rings. The third-order valence-corrected chi connectivity index (χ3v) is 3.83. The molecule has 2 aromatic rings. The zero-order valence-electron chi connectivity index (χ0n) is 14.6. The van der Waals surface area contributed by atoms with E-state index in [0.29, 0.717) is 5.02 Å². The van der Waals surface area contributed by atoms with Crippen molar-refractivity contribution in [2.75, 3.05) is 13.7 Å². The van der Waals surface area contributed by atoms with E-state index in [-0.39, 0.29) is 18.6 Å². The van der Waals surface area contributed by atoms with Crippen molar-refractivity contribution in [3.8, 4) is 5.75 Å². The molecular formula is C20H20ClNO4. The van der Waals surface area contributed by atoms with Crippen LogP contribution in [0.2, 0.25) is 5.02 Å². The molecule has 1 amide bonds. The highest BCUT2D eigenvalue weighted by Crippen LogP contribution is 2.17. The van der Waals surface area contributed by atoms with E-state index < -0.39 is 5.97 Å². The van der Waals surface area contributed by atoms with E-state index in [0.717, 1.165) is 16.9 Å². The summed E-state index contributed by atoms with van der Waals surface area (Å²) >= 11 is 5.93. The normalized spacial score (nSPS) is 11.8. The first-order chi connectivity index (χ1) is 12.5. The van der Waals surface area contributed by atoms with Crippen molar-refractivity contribution in [1.82, 2.24) is 5.32 Å². The summed E-state index contributed by atoms with van der Waals surface area (Å²) < 4.78 is 10.0. The number of methoxy groups -OCH3 is 1. The second kappa shape index (κ2) is 9.63. The van der Waals surface area contributed by atoms with Crippen molar-refractivity contribution >= 4 is 29.6 Å². The highest BCUT2D eigenvalue weighted by molar-refractivity contribution is 6.30. The largest absolute Gasteiger partial charge is 0.497 e. The Kier molecular flexibility index (Phi) is 7.24. The van der Waals surface area contributed by atoms with Crippen molar-refractivity contribution in [2.45, 2.75) is 13.0 Å². The van der Waals surface area contributed by atoms with Gasteiger partial charge in [0.1, 0.15) is 5.75 Å². The highest BCUT2D eigenvalue weighted by atomic mass is 35.5. The molecule has 0 heterocycles. The highest BCUT2D eigenvalue weighted by Gasteiger charge is 2.11. The lowest BCUT2D eigenvalue weighted by molar-refractivity contribution is -0.144. The van der Waals surface area contributed by atoms with Gasteiger partial charge in [-0.3, -0.25) is 4.79 Å². The predicted octanol–water partition coefficient (Wildman–Crippen LogP) is 3.78. The van der Waals surface area contributed by atoms with Crippen molar-refractivity contribution < 1.29 is 19.1 Å². The zero-order chi connectivity index (χ0) is 18.9. The van der Waals surface area contributed by atoms with Crippen molar-refractivity contribution in [3.63, 3.8) is 0 Å². The molecule has 6 heteroatoms. The van der Waals surface area contributed by atoms with E-state index in [1.54, 1.807) is 37.5 Å². The van der Waals surface area contributed by atoms with E-state index in [2.05, 4.69) is 5.32 Å². The van der Waals surface area contributed by atoms with Gasteiger partial charge in [0.2, 0.25) is 0 Å². The number of nitrogens with one attached hydrogen (secondary N) is 1. The first-order valence-corrected chi connectivity index (χ1v) is 8.39. The number of ether oxygens (including phenoxy) is 2. The minimum Gasteiger partial charge on any atom is -0.497 e. The molecule has 0 aromatic heterocycles. The molecule has 0 radical (unpaired) electrons. The van der Waals surface area contributed by atoms with Gasteiger partial charge in [0.15, 0.2) is 6.61 Å². The first kappa shape index (κ1) is 19.5. The summed E-state index contributed by atoms with van der Waals surface area (Å²) in [5, 5.41) is 3.35. The van der Waals surface area contributed by atoms with Crippen LogP contribution < -0.4 is 10.1 Å².